The van der Waals surface area contributed by atoms with Gasteiger partial charge >= 0.3 is 10.1 Å². The molecule has 20 heavy (non-hydrogen) atoms. The summed E-state index contributed by atoms with van der Waals surface area (Å²) in [7, 11) is -4.09. The molecule has 0 saturated heterocycles. The normalized spacial score (nSPS) is 11.1. The Hall–Kier alpha value is -2.12. The van der Waals surface area contributed by atoms with Gasteiger partial charge < -0.3 is 4.18 Å². The molecule has 0 fully saturated rings. The van der Waals surface area contributed by atoms with E-state index < -0.39 is 15.0 Å². The van der Waals surface area contributed by atoms with Gasteiger partial charge in [0, 0.05) is 12.1 Å². The average molecular weight is 314 g/mol. The van der Waals surface area contributed by atoms with Crippen molar-refractivity contribution >= 4 is 27.4 Å². The second-order valence-electron chi connectivity index (χ2n) is 3.72. The average Bonchev–Trinajstić information content (AvgIpc) is 2.41. The summed E-state index contributed by atoms with van der Waals surface area (Å²) in [5.74, 6) is -0.00693. The topological polar surface area (TPSA) is 86.5 Å². The highest BCUT2D eigenvalue weighted by atomic mass is 35.5. The van der Waals surface area contributed by atoms with Gasteiger partial charge in [0.15, 0.2) is 5.75 Å². The summed E-state index contributed by atoms with van der Waals surface area (Å²) in [5, 5.41) is 10.7. The maximum Gasteiger partial charge on any atom is 0.339 e. The monoisotopic (exact) mass is 313 g/mol. The van der Waals surface area contributed by atoms with Crippen LogP contribution in [0.2, 0.25) is 5.02 Å². The Kier molecular flexibility index (Phi) is 3.91. The van der Waals surface area contributed by atoms with Crippen LogP contribution in [0.15, 0.2) is 53.4 Å². The third-order valence-corrected chi connectivity index (χ3v) is 3.93. The molecule has 0 N–H and O–H groups in total. The maximum atomic E-state index is 12.0. The van der Waals surface area contributed by atoms with Crippen LogP contribution >= 0.6 is 11.6 Å². The minimum atomic E-state index is -4.09. The van der Waals surface area contributed by atoms with Gasteiger partial charge in [0.25, 0.3) is 5.69 Å². The van der Waals surface area contributed by atoms with Crippen molar-refractivity contribution < 1.29 is 17.5 Å². The van der Waals surface area contributed by atoms with Gasteiger partial charge in [0.1, 0.15) is 4.90 Å². The molecule has 0 atom stereocenters. The molecule has 8 heteroatoms. The third kappa shape index (κ3) is 3.06. The van der Waals surface area contributed by atoms with E-state index in [1.54, 1.807) is 12.1 Å². The van der Waals surface area contributed by atoms with E-state index in [2.05, 4.69) is 0 Å². The van der Waals surface area contributed by atoms with E-state index in [0.717, 1.165) is 24.3 Å². The van der Waals surface area contributed by atoms with E-state index in [1.165, 1.54) is 12.1 Å². The number of nitro groups is 1. The number of halogens is 1. The van der Waals surface area contributed by atoms with Gasteiger partial charge in [-0.3, -0.25) is 10.1 Å². The number of nitro benzene ring substituents is 1. The highest BCUT2D eigenvalue weighted by molar-refractivity contribution is 7.87. The Morgan fingerprint density at radius 1 is 1.05 bits per heavy atom. The molecule has 0 bridgehead atoms. The van der Waals surface area contributed by atoms with Crippen molar-refractivity contribution in [3.05, 3.63) is 63.7 Å². The Morgan fingerprint density at radius 2 is 1.65 bits per heavy atom. The van der Waals surface area contributed by atoms with Crippen LogP contribution in [0.3, 0.4) is 0 Å². The van der Waals surface area contributed by atoms with Crippen molar-refractivity contribution in [1.29, 1.82) is 0 Å². The van der Waals surface area contributed by atoms with Gasteiger partial charge in [-0.1, -0.05) is 23.7 Å². The largest absolute Gasteiger partial charge is 0.377 e. The molecule has 0 aliphatic carbocycles. The molecule has 2 rings (SSSR count). The Bertz CT molecular complexity index is 743. The quantitative estimate of drug-likeness (QED) is 0.492. The highest BCUT2D eigenvalue weighted by Crippen LogP contribution is 2.27. The number of hydrogen-bond donors (Lipinski definition) is 0. The molecule has 0 radical (unpaired) electrons. The molecular formula is C12H8ClNO5S. The first-order valence-corrected chi connectivity index (χ1v) is 7.12. The van der Waals surface area contributed by atoms with Gasteiger partial charge in [-0.05, 0) is 24.3 Å². The van der Waals surface area contributed by atoms with Crippen LogP contribution in [0, 0.1) is 10.1 Å². The van der Waals surface area contributed by atoms with Crippen molar-refractivity contribution in [3.63, 3.8) is 0 Å². The summed E-state index contributed by atoms with van der Waals surface area (Å²) in [5.41, 5.74) is -0.207. The molecule has 0 spiro atoms. The standard InChI is InChI=1S/C12H8ClNO5S/c13-11-3-1-2-4-12(11)19-20(17,18)10-7-5-9(6-8-10)14(15)16/h1-8H. The van der Waals surface area contributed by atoms with Gasteiger partial charge in [-0.25, -0.2) is 0 Å². The molecule has 2 aromatic carbocycles. The zero-order chi connectivity index (χ0) is 14.8. The maximum absolute atomic E-state index is 12.0. The second kappa shape index (κ2) is 5.48. The molecule has 0 saturated carbocycles. The minimum absolute atomic E-state index is 0.00693. The van der Waals surface area contributed by atoms with Crippen molar-refractivity contribution in [2.24, 2.45) is 0 Å². The summed E-state index contributed by atoms with van der Waals surface area (Å²) < 4.78 is 28.9. The predicted molar refractivity (Wildman–Crippen MR) is 72.4 cm³/mol. The lowest BCUT2D eigenvalue weighted by Gasteiger charge is -2.07. The molecule has 0 unspecified atom stereocenters. The van der Waals surface area contributed by atoms with Crippen LogP contribution in [-0.2, 0) is 10.1 Å². The van der Waals surface area contributed by atoms with E-state index in [1.807, 2.05) is 0 Å². The smallest absolute Gasteiger partial charge is 0.339 e. The van der Waals surface area contributed by atoms with E-state index in [9.17, 15) is 18.5 Å². The zero-order valence-corrected chi connectivity index (χ0v) is 11.5. The predicted octanol–water partition coefficient (Wildman–Crippen LogP) is 3.02. The minimum Gasteiger partial charge on any atom is -0.377 e. The number of rotatable bonds is 4. The summed E-state index contributed by atoms with van der Waals surface area (Å²) in [4.78, 5) is 9.69. The van der Waals surface area contributed by atoms with Crippen LogP contribution in [0.25, 0.3) is 0 Å². The Morgan fingerprint density at radius 3 is 2.20 bits per heavy atom. The van der Waals surface area contributed by atoms with Crippen LogP contribution in [0.5, 0.6) is 5.75 Å². The molecule has 0 aromatic heterocycles. The SMILES string of the molecule is O=[N+]([O-])c1ccc(S(=O)(=O)Oc2ccccc2Cl)cc1. The first kappa shape index (κ1) is 14.3. The molecule has 0 heterocycles. The van der Waals surface area contributed by atoms with E-state index in [-0.39, 0.29) is 21.4 Å². The van der Waals surface area contributed by atoms with Gasteiger partial charge in [-0.2, -0.15) is 8.42 Å². The summed E-state index contributed by atoms with van der Waals surface area (Å²) in [6.07, 6.45) is 0. The fourth-order valence-corrected chi connectivity index (χ4v) is 2.58. The van der Waals surface area contributed by atoms with Crippen molar-refractivity contribution in [3.8, 4) is 5.75 Å². The highest BCUT2D eigenvalue weighted by Gasteiger charge is 2.19. The van der Waals surface area contributed by atoms with Crippen LogP contribution in [-0.4, -0.2) is 13.3 Å². The number of hydrogen-bond acceptors (Lipinski definition) is 5. The fourth-order valence-electron chi connectivity index (χ4n) is 1.41. The lowest BCUT2D eigenvalue weighted by atomic mass is 10.3. The number of non-ortho nitro benzene ring substituents is 1. The van der Waals surface area contributed by atoms with Crippen molar-refractivity contribution in [2.45, 2.75) is 4.90 Å². The van der Waals surface area contributed by atoms with E-state index in [0.29, 0.717) is 0 Å². The lowest BCUT2D eigenvalue weighted by Crippen LogP contribution is -2.10. The lowest BCUT2D eigenvalue weighted by molar-refractivity contribution is -0.384. The van der Waals surface area contributed by atoms with Crippen LogP contribution < -0.4 is 4.18 Å². The molecule has 2 aromatic rings. The molecule has 0 amide bonds. The van der Waals surface area contributed by atoms with Crippen LogP contribution in [0.1, 0.15) is 0 Å². The van der Waals surface area contributed by atoms with Gasteiger partial charge in [0.05, 0.1) is 9.95 Å². The summed E-state index contributed by atoms with van der Waals surface area (Å²) in [6.45, 7) is 0. The van der Waals surface area contributed by atoms with E-state index in [4.69, 9.17) is 15.8 Å². The Balaban J connectivity index is 2.31. The molecule has 0 aliphatic rings. The fraction of sp³-hybridized carbons (Fsp3) is 0. The molecule has 0 aliphatic heterocycles. The summed E-state index contributed by atoms with van der Waals surface area (Å²) in [6, 6.07) is 10.5. The number of para-hydroxylation sites is 1. The van der Waals surface area contributed by atoms with Gasteiger partial charge in [-0.15, -0.1) is 0 Å². The summed E-state index contributed by atoms with van der Waals surface area (Å²) >= 11 is 5.81. The second-order valence-corrected chi connectivity index (χ2v) is 5.67. The molecule has 104 valence electrons. The Labute approximate surface area is 119 Å². The van der Waals surface area contributed by atoms with Gasteiger partial charge in [0.2, 0.25) is 0 Å². The number of nitrogens with zero attached hydrogens (tertiary/aromatic N) is 1. The first-order chi connectivity index (χ1) is 9.40. The first-order valence-electron chi connectivity index (χ1n) is 5.33. The number of benzene rings is 2. The third-order valence-electron chi connectivity index (χ3n) is 2.37. The molecular weight excluding hydrogens is 306 g/mol. The van der Waals surface area contributed by atoms with Crippen LogP contribution in [0.4, 0.5) is 5.69 Å². The molecule has 6 nitrogen and oxygen atoms in total. The zero-order valence-electron chi connectivity index (χ0n) is 9.89. The van der Waals surface area contributed by atoms with Crippen molar-refractivity contribution in [2.75, 3.05) is 0 Å². The van der Waals surface area contributed by atoms with Crippen molar-refractivity contribution in [1.82, 2.24) is 0 Å². The van der Waals surface area contributed by atoms with E-state index >= 15 is 0 Å².